The van der Waals surface area contributed by atoms with Crippen LogP contribution >= 0.6 is 11.3 Å². The molecule has 176 valence electrons. The summed E-state index contributed by atoms with van der Waals surface area (Å²) in [6.45, 7) is 0.346. The van der Waals surface area contributed by atoms with Crippen LogP contribution in [0.2, 0.25) is 0 Å². The SMILES string of the molecule is O=c1[nH]c2csc(-c3nn[nH]n3)c2c(=O)n1-c1cccc(S(=O)(=O)N2CCCc3ccccc32)c1. The third-order valence-electron chi connectivity index (χ3n) is 5.93. The van der Waals surface area contributed by atoms with Gasteiger partial charge in [-0.3, -0.25) is 9.10 Å². The lowest BCUT2D eigenvalue weighted by molar-refractivity contribution is 0.586. The Kier molecular flexibility index (Phi) is 4.89. The van der Waals surface area contributed by atoms with Crippen LogP contribution in [0.25, 0.3) is 27.3 Å². The molecule has 0 aliphatic carbocycles. The minimum absolute atomic E-state index is 0.0122. The number of nitrogens with zero attached hydrogens (tertiary/aromatic N) is 5. The molecule has 35 heavy (non-hydrogen) atoms. The average molecular weight is 508 g/mol. The summed E-state index contributed by atoms with van der Waals surface area (Å²) in [7, 11) is -3.93. The van der Waals surface area contributed by atoms with Gasteiger partial charge < -0.3 is 4.98 Å². The quantitative estimate of drug-likeness (QED) is 0.378. The summed E-state index contributed by atoms with van der Waals surface area (Å²) < 4.78 is 29.5. The lowest BCUT2D eigenvalue weighted by atomic mass is 10.0. The summed E-state index contributed by atoms with van der Waals surface area (Å²) in [5.74, 6) is 0.223. The lowest BCUT2D eigenvalue weighted by Crippen LogP contribution is -2.36. The smallest absolute Gasteiger partial charge is 0.306 e. The lowest BCUT2D eigenvalue weighted by Gasteiger charge is -2.30. The number of benzene rings is 2. The summed E-state index contributed by atoms with van der Waals surface area (Å²) in [6.07, 6.45) is 1.50. The molecule has 0 saturated carbocycles. The summed E-state index contributed by atoms with van der Waals surface area (Å²) in [4.78, 5) is 29.5. The first-order valence-electron chi connectivity index (χ1n) is 10.7. The number of H-pyrrole nitrogens is 2. The van der Waals surface area contributed by atoms with Crippen LogP contribution in [0, 0.1) is 0 Å². The Bertz CT molecular complexity index is 1800. The predicted molar refractivity (Wildman–Crippen MR) is 131 cm³/mol. The topological polar surface area (TPSA) is 147 Å². The second-order valence-electron chi connectivity index (χ2n) is 7.97. The van der Waals surface area contributed by atoms with Crippen molar-refractivity contribution in [2.45, 2.75) is 17.7 Å². The van der Waals surface area contributed by atoms with Gasteiger partial charge in [0.05, 0.1) is 32.1 Å². The zero-order valence-corrected chi connectivity index (χ0v) is 19.6. The molecule has 0 atom stereocenters. The Morgan fingerprint density at radius 3 is 2.74 bits per heavy atom. The Hall–Kier alpha value is -4.10. The molecule has 0 saturated heterocycles. The molecule has 11 nitrogen and oxygen atoms in total. The third kappa shape index (κ3) is 3.39. The van der Waals surface area contributed by atoms with Crippen molar-refractivity contribution in [3.05, 3.63) is 80.3 Å². The molecule has 4 heterocycles. The fourth-order valence-corrected chi connectivity index (χ4v) is 6.85. The largest absolute Gasteiger partial charge is 0.333 e. The standard InChI is InChI=1S/C22H17N7O4S2/c30-21-18-16(12-34-19(18)20-24-26-27-25-20)23-22(31)29(21)14-7-3-8-15(11-14)35(32,33)28-10-4-6-13-5-1-2-9-17(13)28/h1-3,5,7-9,11-12H,4,6,10H2,(H,23,31)(H,24,25,26,27). The molecule has 0 unspecified atom stereocenters. The number of para-hydroxylation sites is 1. The molecule has 0 amide bonds. The Morgan fingerprint density at radius 2 is 1.91 bits per heavy atom. The van der Waals surface area contributed by atoms with Gasteiger partial charge in [0.15, 0.2) is 0 Å². The van der Waals surface area contributed by atoms with Crippen LogP contribution in [0.4, 0.5) is 5.69 Å². The van der Waals surface area contributed by atoms with E-state index in [0.717, 1.165) is 16.6 Å². The Labute approximate surface area is 201 Å². The zero-order chi connectivity index (χ0) is 24.2. The van der Waals surface area contributed by atoms with Gasteiger partial charge in [0.2, 0.25) is 5.82 Å². The number of aromatic amines is 2. The van der Waals surface area contributed by atoms with Crippen molar-refractivity contribution in [2.75, 3.05) is 10.8 Å². The van der Waals surface area contributed by atoms with Crippen molar-refractivity contribution in [1.29, 1.82) is 0 Å². The zero-order valence-electron chi connectivity index (χ0n) is 18.0. The van der Waals surface area contributed by atoms with Gasteiger partial charge in [-0.25, -0.2) is 17.8 Å². The molecular formula is C22H17N7O4S2. The van der Waals surface area contributed by atoms with Crippen molar-refractivity contribution < 1.29 is 8.42 Å². The molecule has 0 bridgehead atoms. The maximum atomic E-state index is 13.6. The van der Waals surface area contributed by atoms with Gasteiger partial charge in [-0.05, 0) is 47.9 Å². The van der Waals surface area contributed by atoms with Crippen LogP contribution in [0.15, 0.2) is 68.4 Å². The van der Waals surface area contributed by atoms with Crippen molar-refractivity contribution in [3.63, 3.8) is 0 Å². The van der Waals surface area contributed by atoms with E-state index in [1.165, 1.54) is 39.9 Å². The number of hydrogen-bond donors (Lipinski definition) is 2. The third-order valence-corrected chi connectivity index (χ3v) is 8.72. The number of tetrazole rings is 1. The fourth-order valence-electron chi connectivity index (χ4n) is 4.35. The summed E-state index contributed by atoms with van der Waals surface area (Å²) >= 11 is 1.20. The van der Waals surface area contributed by atoms with E-state index in [1.807, 2.05) is 12.1 Å². The maximum absolute atomic E-state index is 13.6. The molecule has 6 rings (SSSR count). The molecule has 2 N–H and O–H groups in total. The van der Waals surface area contributed by atoms with Crippen molar-refractivity contribution in [2.24, 2.45) is 0 Å². The highest BCUT2D eigenvalue weighted by atomic mass is 32.2. The van der Waals surface area contributed by atoms with E-state index in [0.29, 0.717) is 29.0 Å². The molecule has 13 heteroatoms. The predicted octanol–water partition coefficient (Wildman–Crippen LogP) is 2.06. The second kappa shape index (κ2) is 7.99. The van der Waals surface area contributed by atoms with Crippen molar-refractivity contribution in [3.8, 4) is 16.4 Å². The highest BCUT2D eigenvalue weighted by Crippen LogP contribution is 2.32. The molecule has 3 aromatic heterocycles. The van der Waals surface area contributed by atoms with Gasteiger partial charge in [-0.2, -0.15) is 5.21 Å². The van der Waals surface area contributed by atoms with E-state index in [1.54, 1.807) is 17.5 Å². The van der Waals surface area contributed by atoms with Crippen molar-refractivity contribution >= 4 is 38.0 Å². The van der Waals surface area contributed by atoms with Gasteiger partial charge in [-0.1, -0.05) is 24.3 Å². The van der Waals surface area contributed by atoms with Crippen LogP contribution < -0.4 is 15.6 Å². The number of aromatic nitrogens is 6. The number of rotatable bonds is 4. The molecule has 0 spiro atoms. The number of aryl methyl sites for hydroxylation is 1. The minimum Gasteiger partial charge on any atom is -0.306 e. The van der Waals surface area contributed by atoms with E-state index in [4.69, 9.17) is 0 Å². The van der Waals surface area contributed by atoms with Crippen LogP contribution in [0.3, 0.4) is 0 Å². The first-order chi connectivity index (χ1) is 16.9. The Morgan fingerprint density at radius 1 is 1.06 bits per heavy atom. The fraction of sp³-hybridized carbons (Fsp3) is 0.136. The molecule has 1 aliphatic heterocycles. The van der Waals surface area contributed by atoms with Crippen LogP contribution in [0.5, 0.6) is 0 Å². The van der Waals surface area contributed by atoms with Gasteiger partial charge in [0.25, 0.3) is 15.6 Å². The number of sulfonamides is 1. The second-order valence-corrected chi connectivity index (χ2v) is 10.7. The first kappa shape index (κ1) is 21.4. The maximum Gasteiger partial charge on any atom is 0.333 e. The molecule has 0 radical (unpaired) electrons. The number of thiophene rings is 1. The molecule has 2 aromatic carbocycles. The monoisotopic (exact) mass is 507 g/mol. The number of nitrogens with one attached hydrogen (secondary N) is 2. The summed E-state index contributed by atoms with van der Waals surface area (Å²) in [6, 6.07) is 13.2. The summed E-state index contributed by atoms with van der Waals surface area (Å²) in [5.41, 5.74) is 0.789. The minimum atomic E-state index is -3.93. The summed E-state index contributed by atoms with van der Waals surface area (Å²) in [5, 5.41) is 15.6. The molecule has 5 aromatic rings. The van der Waals surface area contributed by atoms with Crippen LogP contribution in [0.1, 0.15) is 12.0 Å². The highest BCUT2D eigenvalue weighted by Gasteiger charge is 2.29. The number of anilines is 1. The van der Waals surface area contributed by atoms with Gasteiger partial charge in [-0.15, -0.1) is 21.5 Å². The number of fused-ring (bicyclic) bond motifs is 2. The Balaban J connectivity index is 1.50. The molecule has 0 fully saturated rings. The first-order valence-corrected chi connectivity index (χ1v) is 13.0. The normalized spacial score (nSPS) is 13.8. The van der Waals surface area contributed by atoms with Crippen LogP contribution in [-0.2, 0) is 16.4 Å². The highest BCUT2D eigenvalue weighted by molar-refractivity contribution is 7.92. The van der Waals surface area contributed by atoms with Gasteiger partial charge >= 0.3 is 5.69 Å². The van der Waals surface area contributed by atoms with Gasteiger partial charge in [0.1, 0.15) is 0 Å². The van der Waals surface area contributed by atoms with E-state index in [-0.39, 0.29) is 21.8 Å². The van der Waals surface area contributed by atoms with E-state index in [2.05, 4.69) is 25.6 Å². The molecule has 1 aliphatic rings. The number of hydrogen-bond acceptors (Lipinski definition) is 8. The average Bonchev–Trinajstić information content (AvgIpc) is 3.54. The molecular weight excluding hydrogens is 490 g/mol. The van der Waals surface area contributed by atoms with E-state index < -0.39 is 21.3 Å². The van der Waals surface area contributed by atoms with E-state index >= 15 is 0 Å². The van der Waals surface area contributed by atoms with Crippen molar-refractivity contribution in [1.82, 2.24) is 30.2 Å². The van der Waals surface area contributed by atoms with E-state index in [9.17, 15) is 18.0 Å². The van der Waals surface area contributed by atoms with Gasteiger partial charge in [0, 0.05) is 11.9 Å². The van der Waals surface area contributed by atoms with Crippen LogP contribution in [-0.4, -0.2) is 45.1 Å².